The third-order valence-corrected chi connectivity index (χ3v) is 3.74. The van der Waals surface area contributed by atoms with E-state index in [9.17, 15) is 4.79 Å². The first-order valence-corrected chi connectivity index (χ1v) is 7.94. The van der Waals surface area contributed by atoms with Crippen molar-refractivity contribution in [3.05, 3.63) is 50.2 Å². The van der Waals surface area contributed by atoms with E-state index in [4.69, 9.17) is 11.6 Å². The van der Waals surface area contributed by atoms with Crippen LogP contribution in [-0.4, -0.2) is 17.4 Å². The second-order valence-electron chi connectivity index (χ2n) is 4.49. The first-order chi connectivity index (χ1) is 9.99. The highest BCUT2D eigenvalue weighted by molar-refractivity contribution is 14.1. The summed E-state index contributed by atoms with van der Waals surface area (Å²) in [5.74, 6) is 0.485. The van der Waals surface area contributed by atoms with E-state index in [2.05, 4.69) is 38.2 Å². The Morgan fingerprint density at radius 1 is 1.33 bits per heavy atom. The van der Waals surface area contributed by atoms with Gasteiger partial charge >= 0.3 is 0 Å². The lowest BCUT2D eigenvalue weighted by atomic mass is 10.2. The third-order valence-electron chi connectivity index (χ3n) is 2.75. The average Bonchev–Trinajstić information content (AvgIpc) is 2.41. The maximum Gasteiger partial charge on any atom is 0.255 e. The van der Waals surface area contributed by atoms with Crippen LogP contribution in [0.3, 0.4) is 0 Å². The maximum atomic E-state index is 12.3. The number of nitrogens with zero attached hydrogens (tertiary/aromatic N) is 1. The molecule has 0 aliphatic heterocycles. The van der Waals surface area contributed by atoms with Crippen LogP contribution in [0.5, 0.6) is 0 Å². The lowest BCUT2D eigenvalue weighted by molar-refractivity contribution is 0.102. The lowest BCUT2D eigenvalue weighted by Crippen LogP contribution is -2.13. The van der Waals surface area contributed by atoms with Crippen LogP contribution in [0.15, 0.2) is 30.3 Å². The molecule has 0 aliphatic rings. The molecule has 0 bridgehead atoms. The van der Waals surface area contributed by atoms with Crippen LogP contribution < -0.4 is 10.6 Å². The molecule has 2 aromatic rings. The van der Waals surface area contributed by atoms with Crippen molar-refractivity contribution in [1.29, 1.82) is 0 Å². The molecule has 110 valence electrons. The van der Waals surface area contributed by atoms with E-state index < -0.39 is 0 Å². The number of pyridine rings is 1. The number of carbonyl (C=O) groups is 1. The van der Waals surface area contributed by atoms with Gasteiger partial charge in [0.05, 0.1) is 10.7 Å². The molecule has 0 saturated heterocycles. The van der Waals surface area contributed by atoms with Gasteiger partial charge in [-0.05, 0) is 66.8 Å². The molecule has 1 heterocycles. The van der Waals surface area contributed by atoms with Gasteiger partial charge in [-0.3, -0.25) is 4.79 Å². The van der Waals surface area contributed by atoms with Crippen LogP contribution in [0.25, 0.3) is 0 Å². The van der Waals surface area contributed by atoms with Crippen molar-refractivity contribution in [2.24, 2.45) is 0 Å². The number of aromatic nitrogens is 1. The minimum absolute atomic E-state index is 0.206. The number of hydrogen-bond acceptors (Lipinski definition) is 3. The number of rotatable bonds is 4. The highest BCUT2D eigenvalue weighted by Gasteiger charge is 2.11. The zero-order chi connectivity index (χ0) is 15.4. The fourth-order valence-electron chi connectivity index (χ4n) is 1.86. The zero-order valence-corrected chi connectivity index (χ0v) is 14.6. The standard InChI is InChI=1S/C15H15ClIN3O/c1-3-18-14-7-10(6-9(2)19-14)15(21)20-13-5-4-11(17)8-12(13)16/h4-8H,3H2,1-2H3,(H,18,19)(H,20,21). The summed E-state index contributed by atoms with van der Waals surface area (Å²) in [6.45, 7) is 4.59. The molecule has 6 heteroatoms. The molecular formula is C15H15ClIN3O. The van der Waals surface area contributed by atoms with Crippen molar-refractivity contribution in [3.63, 3.8) is 0 Å². The topological polar surface area (TPSA) is 54.0 Å². The van der Waals surface area contributed by atoms with Gasteiger partial charge in [-0.15, -0.1) is 0 Å². The van der Waals surface area contributed by atoms with Crippen molar-refractivity contribution in [2.45, 2.75) is 13.8 Å². The molecule has 0 fully saturated rings. The summed E-state index contributed by atoms with van der Waals surface area (Å²) in [4.78, 5) is 16.7. The zero-order valence-electron chi connectivity index (χ0n) is 11.7. The number of nitrogens with one attached hydrogen (secondary N) is 2. The van der Waals surface area contributed by atoms with Crippen LogP contribution in [0.4, 0.5) is 11.5 Å². The molecule has 0 unspecified atom stereocenters. The van der Waals surface area contributed by atoms with E-state index in [1.807, 2.05) is 19.9 Å². The Bertz CT molecular complexity index is 676. The molecule has 2 N–H and O–H groups in total. The van der Waals surface area contributed by atoms with E-state index in [0.717, 1.165) is 15.8 Å². The fourth-order valence-corrected chi connectivity index (χ4v) is 2.76. The summed E-state index contributed by atoms with van der Waals surface area (Å²) in [6, 6.07) is 8.97. The van der Waals surface area contributed by atoms with Crippen LogP contribution in [-0.2, 0) is 0 Å². The summed E-state index contributed by atoms with van der Waals surface area (Å²) in [5.41, 5.74) is 1.93. The first-order valence-electron chi connectivity index (χ1n) is 6.48. The Labute approximate surface area is 142 Å². The Kier molecular flexibility index (Phi) is 5.41. The Hall–Kier alpha value is -1.34. The molecule has 0 saturated carbocycles. The van der Waals surface area contributed by atoms with Crippen molar-refractivity contribution >= 4 is 51.6 Å². The second kappa shape index (κ2) is 7.09. The van der Waals surface area contributed by atoms with Crippen molar-refractivity contribution < 1.29 is 4.79 Å². The molecule has 1 aromatic carbocycles. The van der Waals surface area contributed by atoms with Gasteiger partial charge < -0.3 is 10.6 Å². The lowest BCUT2D eigenvalue weighted by Gasteiger charge is -2.10. The van der Waals surface area contributed by atoms with Crippen LogP contribution >= 0.6 is 34.2 Å². The summed E-state index contributed by atoms with van der Waals surface area (Å²) in [5, 5.41) is 6.45. The largest absolute Gasteiger partial charge is 0.370 e. The molecule has 21 heavy (non-hydrogen) atoms. The summed E-state index contributed by atoms with van der Waals surface area (Å²) in [6.07, 6.45) is 0. The molecular weight excluding hydrogens is 401 g/mol. The SMILES string of the molecule is CCNc1cc(C(=O)Nc2ccc(I)cc2Cl)cc(C)n1. The monoisotopic (exact) mass is 415 g/mol. The van der Waals surface area contributed by atoms with E-state index in [0.29, 0.717) is 22.1 Å². The van der Waals surface area contributed by atoms with Crippen LogP contribution in [0.2, 0.25) is 5.02 Å². The molecule has 0 spiro atoms. The van der Waals surface area contributed by atoms with Crippen molar-refractivity contribution in [1.82, 2.24) is 4.98 Å². The maximum absolute atomic E-state index is 12.3. The van der Waals surface area contributed by atoms with Gasteiger partial charge in [-0.2, -0.15) is 0 Å². The molecule has 0 radical (unpaired) electrons. The quantitative estimate of drug-likeness (QED) is 0.731. The van der Waals surface area contributed by atoms with Crippen molar-refractivity contribution in [2.75, 3.05) is 17.2 Å². The highest BCUT2D eigenvalue weighted by atomic mass is 127. The van der Waals surface area contributed by atoms with Gasteiger partial charge in [0, 0.05) is 21.4 Å². The number of benzene rings is 1. The number of amides is 1. The smallest absolute Gasteiger partial charge is 0.255 e. The number of anilines is 2. The minimum atomic E-state index is -0.206. The van der Waals surface area contributed by atoms with Gasteiger partial charge in [0.25, 0.3) is 5.91 Å². The summed E-state index contributed by atoms with van der Waals surface area (Å²) in [7, 11) is 0. The van der Waals surface area contributed by atoms with E-state index in [1.165, 1.54) is 0 Å². The van der Waals surface area contributed by atoms with Crippen molar-refractivity contribution in [3.8, 4) is 0 Å². The van der Waals surface area contributed by atoms with E-state index in [-0.39, 0.29) is 5.91 Å². The third kappa shape index (κ3) is 4.31. The normalized spacial score (nSPS) is 10.3. The van der Waals surface area contributed by atoms with Gasteiger partial charge in [0.1, 0.15) is 5.82 Å². The van der Waals surface area contributed by atoms with E-state index in [1.54, 1.807) is 24.3 Å². The Morgan fingerprint density at radius 2 is 2.10 bits per heavy atom. The average molecular weight is 416 g/mol. The summed E-state index contributed by atoms with van der Waals surface area (Å²) >= 11 is 8.30. The van der Waals surface area contributed by atoms with Crippen LogP contribution in [0, 0.1) is 10.5 Å². The number of aryl methyl sites for hydroxylation is 1. The number of halogens is 2. The molecule has 2 rings (SSSR count). The number of hydrogen-bond donors (Lipinski definition) is 2. The van der Waals surface area contributed by atoms with Crippen LogP contribution in [0.1, 0.15) is 23.0 Å². The van der Waals surface area contributed by atoms with E-state index >= 15 is 0 Å². The highest BCUT2D eigenvalue weighted by Crippen LogP contribution is 2.24. The minimum Gasteiger partial charge on any atom is -0.370 e. The molecule has 1 amide bonds. The second-order valence-corrected chi connectivity index (χ2v) is 6.14. The molecule has 0 atom stereocenters. The summed E-state index contributed by atoms with van der Waals surface area (Å²) < 4.78 is 1.02. The predicted molar refractivity (Wildman–Crippen MR) is 95.3 cm³/mol. The van der Waals surface area contributed by atoms with Gasteiger partial charge in [-0.25, -0.2) is 4.98 Å². The molecule has 4 nitrogen and oxygen atoms in total. The van der Waals surface area contributed by atoms with Gasteiger partial charge in [0.2, 0.25) is 0 Å². The Balaban J connectivity index is 2.23. The first kappa shape index (κ1) is 16.0. The molecule has 0 aliphatic carbocycles. The Morgan fingerprint density at radius 3 is 2.76 bits per heavy atom. The van der Waals surface area contributed by atoms with Gasteiger partial charge in [-0.1, -0.05) is 11.6 Å². The number of carbonyl (C=O) groups excluding carboxylic acids is 1. The molecule has 1 aromatic heterocycles. The van der Waals surface area contributed by atoms with Gasteiger partial charge in [0.15, 0.2) is 0 Å². The fraction of sp³-hybridized carbons (Fsp3) is 0.200. The predicted octanol–water partition coefficient (Wildman–Crippen LogP) is 4.33.